The summed E-state index contributed by atoms with van der Waals surface area (Å²) in [6.07, 6.45) is 1.40. The summed E-state index contributed by atoms with van der Waals surface area (Å²) in [6.45, 7) is -0.0955. The number of rotatable bonds is 4. The van der Waals surface area contributed by atoms with Gasteiger partial charge in [-0.2, -0.15) is 9.57 Å². The van der Waals surface area contributed by atoms with Crippen molar-refractivity contribution in [2.45, 2.75) is 12.0 Å². The summed E-state index contributed by atoms with van der Waals surface area (Å²) in [4.78, 5) is 0. The lowest BCUT2D eigenvalue weighted by Gasteiger charge is -2.43. The van der Waals surface area contributed by atoms with Crippen LogP contribution in [0.25, 0.3) is 6.08 Å². The Morgan fingerprint density at radius 1 is 1.40 bits per heavy atom. The van der Waals surface area contributed by atoms with Crippen molar-refractivity contribution in [3.63, 3.8) is 0 Å². The lowest BCUT2D eigenvalue weighted by Crippen LogP contribution is -2.62. The Labute approximate surface area is 122 Å². The van der Waals surface area contributed by atoms with Gasteiger partial charge in [0.1, 0.15) is 5.60 Å². The van der Waals surface area contributed by atoms with Gasteiger partial charge in [-0.1, -0.05) is 23.7 Å². The molecule has 1 saturated heterocycles. The molecule has 1 fully saturated rings. The maximum atomic E-state index is 12.0. The number of halogens is 1. The number of hydrogen-bond acceptors (Lipinski definition) is 4. The molecule has 7 heteroatoms. The molecule has 0 spiro atoms. The van der Waals surface area contributed by atoms with Crippen LogP contribution in [0.2, 0.25) is 5.02 Å². The highest BCUT2D eigenvalue weighted by Gasteiger charge is 2.45. The van der Waals surface area contributed by atoms with Crippen LogP contribution in [-0.4, -0.2) is 36.5 Å². The van der Waals surface area contributed by atoms with Crippen LogP contribution in [0.4, 0.5) is 0 Å². The molecule has 0 radical (unpaired) electrons. The minimum absolute atomic E-state index is 0.0478. The lowest BCUT2D eigenvalue weighted by atomic mass is 9.94. The van der Waals surface area contributed by atoms with Crippen molar-refractivity contribution in [3.8, 4) is 6.07 Å². The first-order chi connectivity index (χ1) is 9.35. The third-order valence-electron chi connectivity index (χ3n) is 3.01. The minimum atomic E-state index is -3.57. The van der Waals surface area contributed by atoms with Gasteiger partial charge in [-0.15, -0.1) is 0 Å². The number of sulfonamides is 1. The summed E-state index contributed by atoms with van der Waals surface area (Å²) >= 11 is 5.74. The van der Waals surface area contributed by atoms with Gasteiger partial charge in [0, 0.05) is 23.5 Å². The van der Waals surface area contributed by atoms with E-state index in [1.165, 1.54) is 6.08 Å². The second-order valence-electron chi connectivity index (χ2n) is 4.73. The number of nitriles is 1. The molecule has 0 amide bonds. The fourth-order valence-electron chi connectivity index (χ4n) is 1.87. The summed E-state index contributed by atoms with van der Waals surface area (Å²) < 4.78 is 25.1. The fourth-order valence-corrected chi connectivity index (χ4v) is 3.34. The molecule has 0 aliphatic carbocycles. The molecule has 20 heavy (non-hydrogen) atoms. The van der Waals surface area contributed by atoms with E-state index in [0.717, 1.165) is 9.71 Å². The largest absolute Gasteiger partial charge is 0.386 e. The van der Waals surface area contributed by atoms with Gasteiger partial charge in [0.25, 0.3) is 0 Å². The van der Waals surface area contributed by atoms with Gasteiger partial charge in [0.15, 0.2) is 0 Å². The molecule has 1 aliphatic heterocycles. The molecule has 0 unspecified atom stereocenters. The van der Waals surface area contributed by atoms with Crippen molar-refractivity contribution in [2.24, 2.45) is 0 Å². The average molecular weight is 313 g/mol. The van der Waals surface area contributed by atoms with Gasteiger partial charge in [0.2, 0.25) is 10.0 Å². The van der Waals surface area contributed by atoms with Crippen LogP contribution in [0.3, 0.4) is 0 Å². The van der Waals surface area contributed by atoms with Crippen molar-refractivity contribution in [1.82, 2.24) is 4.31 Å². The van der Waals surface area contributed by atoms with Crippen LogP contribution in [0.1, 0.15) is 12.0 Å². The van der Waals surface area contributed by atoms with Gasteiger partial charge >= 0.3 is 0 Å². The zero-order valence-electron chi connectivity index (χ0n) is 10.5. The van der Waals surface area contributed by atoms with Gasteiger partial charge in [-0.05, 0) is 23.8 Å². The number of aliphatic hydroxyl groups is 1. The van der Waals surface area contributed by atoms with Crippen LogP contribution < -0.4 is 0 Å². The molecule has 106 valence electrons. The molecular weight excluding hydrogens is 300 g/mol. The van der Waals surface area contributed by atoms with Crippen molar-refractivity contribution >= 4 is 27.7 Å². The molecule has 5 nitrogen and oxygen atoms in total. The highest BCUT2D eigenvalue weighted by Crippen LogP contribution is 2.27. The van der Waals surface area contributed by atoms with E-state index in [-0.39, 0.29) is 19.5 Å². The van der Waals surface area contributed by atoms with Crippen molar-refractivity contribution in [3.05, 3.63) is 40.3 Å². The topological polar surface area (TPSA) is 81.4 Å². The van der Waals surface area contributed by atoms with Crippen molar-refractivity contribution in [2.75, 3.05) is 13.1 Å². The fraction of sp³-hybridized carbons (Fsp3) is 0.308. The highest BCUT2D eigenvalue weighted by molar-refractivity contribution is 7.92. The molecule has 0 saturated carbocycles. The zero-order valence-corrected chi connectivity index (χ0v) is 12.1. The normalized spacial score (nSPS) is 18.6. The molecule has 0 atom stereocenters. The summed E-state index contributed by atoms with van der Waals surface area (Å²) in [6, 6.07) is 8.59. The lowest BCUT2D eigenvalue weighted by molar-refractivity contribution is -0.0541. The standard InChI is InChI=1S/C13H13ClN2O3S/c14-12-3-1-11(2-4-12)5-8-20(18,19)16-9-13(17,10-16)6-7-15/h1-5,8,17H,6,9-10H2/b8-5+. The first-order valence-electron chi connectivity index (χ1n) is 5.88. The Hall–Kier alpha value is -1.39. The predicted molar refractivity (Wildman–Crippen MR) is 76.2 cm³/mol. The predicted octanol–water partition coefficient (Wildman–Crippen LogP) is 1.60. The van der Waals surface area contributed by atoms with Crippen LogP contribution in [0, 0.1) is 11.3 Å². The van der Waals surface area contributed by atoms with E-state index in [1.807, 2.05) is 6.07 Å². The Kier molecular flexibility index (Phi) is 4.16. The zero-order chi connectivity index (χ0) is 14.8. The Balaban J connectivity index is 2.03. The molecule has 0 aromatic heterocycles. The molecule has 2 rings (SSSR count). The van der Waals surface area contributed by atoms with Crippen LogP contribution in [0.5, 0.6) is 0 Å². The summed E-state index contributed by atoms with van der Waals surface area (Å²) in [5.74, 6) is 0. The molecule has 1 aliphatic rings. The van der Waals surface area contributed by atoms with E-state index in [4.69, 9.17) is 16.9 Å². The molecule has 1 aromatic rings. The second kappa shape index (κ2) is 5.54. The van der Waals surface area contributed by atoms with Crippen molar-refractivity contribution in [1.29, 1.82) is 5.26 Å². The monoisotopic (exact) mass is 312 g/mol. The number of β-amino-alcohol motifs (C(OH)–C–C–N with tert-alkyl or cyclic N) is 1. The quantitative estimate of drug-likeness (QED) is 0.915. The van der Waals surface area contributed by atoms with E-state index in [0.29, 0.717) is 10.6 Å². The maximum Gasteiger partial charge on any atom is 0.236 e. The van der Waals surface area contributed by atoms with E-state index in [9.17, 15) is 13.5 Å². The first kappa shape index (κ1) is 15.0. The number of hydrogen-bond donors (Lipinski definition) is 1. The summed E-state index contributed by atoms with van der Waals surface area (Å²) in [5.41, 5.74) is -0.499. The molecule has 0 bridgehead atoms. The van der Waals surface area contributed by atoms with Crippen LogP contribution >= 0.6 is 11.6 Å². The van der Waals surface area contributed by atoms with Gasteiger partial charge in [-0.3, -0.25) is 0 Å². The van der Waals surface area contributed by atoms with Crippen LogP contribution in [-0.2, 0) is 10.0 Å². The maximum absolute atomic E-state index is 12.0. The minimum Gasteiger partial charge on any atom is -0.386 e. The van der Waals surface area contributed by atoms with E-state index in [2.05, 4.69) is 0 Å². The molecule has 1 N–H and O–H groups in total. The Bertz CT molecular complexity index is 656. The summed E-state index contributed by atoms with van der Waals surface area (Å²) in [5, 5.41) is 20.0. The van der Waals surface area contributed by atoms with Gasteiger partial charge < -0.3 is 5.11 Å². The van der Waals surface area contributed by atoms with E-state index in [1.54, 1.807) is 24.3 Å². The Morgan fingerprint density at radius 2 is 2.00 bits per heavy atom. The molecule has 1 aromatic carbocycles. The van der Waals surface area contributed by atoms with Crippen molar-refractivity contribution < 1.29 is 13.5 Å². The SMILES string of the molecule is N#CCC1(O)CN(S(=O)(=O)/C=C/c2ccc(Cl)cc2)C1. The average Bonchev–Trinajstić information content (AvgIpc) is 2.35. The first-order valence-corrected chi connectivity index (χ1v) is 7.76. The smallest absolute Gasteiger partial charge is 0.236 e. The second-order valence-corrected chi connectivity index (χ2v) is 6.98. The molecular formula is C13H13ClN2O3S. The van der Waals surface area contributed by atoms with Gasteiger partial charge in [-0.25, -0.2) is 8.42 Å². The Morgan fingerprint density at radius 3 is 2.55 bits per heavy atom. The third-order valence-corrected chi connectivity index (χ3v) is 4.72. The van der Waals surface area contributed by atoms with E-state index < -0.39 is 15.6 Å². The highest BCUT2D eigenvalue weighted by atomic mass is 35.5. The summed E-state index contributed by atoms with van der Waals surface area (Å²) in [7, 11) is -3.57. The van der Waals surface area contributed by atoms with Gasteiger partial charge in [0.05, 0.1) is 12.5 Å². The molecule has 1 heterocycles. The number of nitrogens with zero attached hydrogens (tertiary/aromatic N) is 2. The van der Waals surface area contributed by atoms with Crippen LogP contribution in [0.15, 0.2) is 29.7 Å². The van der Waals surface area contributed by atoms with E-state index >= 15 is 0 Å². The third kappa shape index (κ3) is 3.38. The number of benzene rings is 1.